The van der Waals surface area contributed by atoms with Gasteiger partial charge in [0.1, 0.15) is 5.82 Å². The van der Waals surface area contributed by atoms with Crippen molar-refractivity contribution < 1.29 is 4.39 Å². The first-order valence-electron chi connectivity index (χ1n) is 8.59. The first kappa shape index (κ1) is 16.1. The Labute approximate surface area is 128 Å². The Morgan fingerprint density at radius 2 is 1.76 bits per heavy atom. The fourth-order valence-electron chi connectivity index (χ4n) is 2.97. The first-order chi connectivity index (χ1) is 10.3. The SMILES string of the molecule is CCCCCCCCNc1ccc(N2CCCC2)c(F)c1. The van der Waals surface area contributed by atoms with Crippen molar-refractivity contribution in [2.45, 2.75) is 58.3 Å². The fraction of sp³-hybridized carbons (Fsp3) is 0.667. The van der Waals surface area contributed by atoms with Gasteiger partial charge in [-0.15, -0.1) is 0 Å². The summed E-state index contributed by atoms with van der Waals surface area (Å²) in [5.41, 5.74) is 1.67. The van der Waals surface area contributed by atoms with Gasteiger partial charge in [0, 0.05) is 25.3 Å². The number of rotatable bonds is 9. The third kappa shape index (κ3) is 5.22. The molecule has 0 radical (unpaired) electrons. The van der Waals surface area contributed by atoms with Crippen LogP contribution in [0.1, 0.15) is 58.3 Å². The van der Waals surface area contributed by atoms with E-state index in [1.165, 1.54) is 51.4 Å². The molecule has 1 heterocycles. The molecule has 1 N–H and O–H groups in total. The zero-order valence-corrected chi connectivity index (χ0v) is 13.3. The molecule has 0 atom stereocenters. The molecule has 2 rings (SSSR count). The van der Waals surface area contributed by atoms with E-state index in [1.807, 2.05) is 12.1 Å². The van der Waals surface area contributed by atoms with E-state index in [2.05, 4.69) is 17.1 Å². The summed E-state index contributed by atoms with van der Waals surface area (Å²) < 4.78 is 14.1. The number of anilines is 2. The maximum Gasteiger partial charge on any atom is 0.148 e. The minimum atomic E-state index is -0.0927. The highest BCUT2D eigenvalue weighted by Gasteiger charge is 2.15. The van der Waals surface area contributed by atoms with Crippen molar-refractivity contribution in [3.8, 4) is 0 Å². The Morgan fingerprint density at radius 1 is 1.05 bits per heavy atom. The third-order valence-electron chi connectivity index (χ3n) is 4.25. The average molecular weight is 292 g/mol. The molecule has 1 aliphatic rings. The fourth-order valence-corrected chi connectivity index (χ4v) is 2.97. The van der Waals surface area contributed by atoms with Crippen molar-refractivity contribution in [2.24, 2.45) is 0 Å². The van der Waals surface area contributed by atoms with Gasteiger partial charge in [-0.25, -0.2) is 4.39 Å². The molecule has 1 aromatic rings. The van der Waals surface area contributed by atoms with Crippen molar-refractivity contribution in [3.63, 3.8) is 0 Å². The van der Waals surface area contributed by atoms with Crippen LogP contribution < -0.4 is 10.2 Å². The molecule has 0 bridgehead atoms. The van der Waals surface area contributed by atoms with E-state index in [9.17, 15) is 4.39 Å². The number of halogens is 1. The van der Waals surface area contributed by atoms with Crippen LogP contribution in [0.25, 0.3) is 0 Å². The zero-order valence-electron chi connectivity index (χ0n) is 13.3. The Bertz CT molecular complexity index is 414. The number of hydrogen-bond acceptors (Lipinski definition) is 2. The maximum absolute atomic E-state index is 14.1. The molecule has 1 aliphatic heterocycles. The van der Waals surface area contributed by atoms with Crippen molar-refractivity contribution in [1.82, 2.24) is 0 Å². The van der Waals surface area contributed by atoms with E-state index < -0.39 is 0 Å². The van der Waals surface area contributed by atoms with Gasteiger partial charge < -0.3 is 10.2 Å². The van der Waals surface area contributed by atoms with Crippen LogP contribution in [-0.4, -0.2) is 19.6 Å². The highest BCUT2D eigenvalue weighted by Crippen LogP contribution is 2.26. The monoisotopic (exact) mass is 292 g/mol. The molecule has 1 aromatic carbocycles. The van der Waals surface area contributed by atoms with Crippen molar-refractivity contribution in [1.29, 1.82) is 0 Å². The molecule has 1 saturated heterocycles. The van der Waals surface area contributed by atoms with Gasteiger partial charge in [-0.3, -0.25) is 0 Å². The third-order valence-corrected chi connectivity index (χ3v) is 4.25. The predicted octanol–water partition coefficient (Wildman–Crippen LogP) is 5.20. The summed E-state index contributed by atoms with van der Waals surface area (Å²) in [5.74, 6) is -0.0927. The molecule has 0 saturated carbocycles. The van der Waals surface area contributed by atoms with Crippen LogP contribution in [0, 0.1) is 5.82 Å². The van der Waals surface area contributed by atoms with Crippen LogP contribution in [0.4, 0.5) is 15.8 Å². The molecular weight excluding hydrogens is 263 g/mol. The topological polar surface area (TPSA) is 15.3 Å². The van der Waals surface area contributed by atoms with E-state index in [-0.39, 0.29) is 5.82 Å². The molecule has 2 nitrogen and oxygen atoms in total. The molecule has 1 fully saturated rings. The summed E-state index contributed by atoms with van der Waals surface area (Å²) in [6.45, 7) is 5.15. The minimum absolute atomic E-state index is 0.0927. The van der Waals surface area contributed by atoms with E-state index >= 15 is 0 Å². The summed E-state index contributed by atoms with van der Waals surface area (Å²) in [5, 5.41) is 3.34. The average Bonchev–Trinajstić information content (AvgIpc) is 3.00. The van der Waals surface area contributed by atoms with Gasteiger partial charge in [0.2, 0.25) is 0 Å². The number of benzene rings is 1. The van der Waals surface area contributed by atoms with Gasteiger partial charge in [-0.1, -0.05) is 39.0 Å². The highest BCUT2D eigenvalue weighted by molar-refractivity contribution is 5.56. The summed E-state index contributed by atoms with van der Waals surface area (Å²) in [4.78, 5) is 2.15. The largest absolute Gasteiger partial charge is 0.385 e. The highest BCUT2D eigenvalue weighted by atomic mass is 19.1. The summed E-state index contributed by atoms with van der Waals surface area (Å²) in [6.07, 6.45) is 10.1. The number of nitrogens with zero attached hydrogens (tertiary/aromatic N) is 1. The lowest BCUT2D eigenvalue weighted by Crippen LogP contribution is -2.19. The van der Waals surface area contributed by atoms with E-state index in [0.29, 0.717) is 0 Å². The minimum Gasteiger partial charge on any atom is -0.385 e. The van der Waals surface area contributed by atoms with Gasteiger partial charge in [-0.05, 0) is 37.5 Å². The Hall–Kier alpha value is -1.25. The number of hydrogen-bond donors (Lipinski definition) is 1. The standard InChI is InChI=1S/C18H29FN2/c1-2-3-4-5-6-7-12-20-16-10-11-18(17(19)15-16)21-13-8-9-14-21/h10-11,15,20H,2-9,12-14H2,1H3. The second-order valence-corrected chi connectivity index (χ2v) is 6.05. The van der Waals surface area contributed by atoms with E-state index in [4.69, 9.17) is 0 Å². The van der Waals surface area contributed by atoms with Crippen molar-refractivity contribution in [2.75, 3.05) is 29.9 Å². The van der Waals surface area contributed by atoms with Crippen LogP contribution in [0.15, 0.2) is 18.2 Å². The molecule has 0 unspecified atom stereocenters. The lowest BCUT2D eigenvalue weighted by Gasteiger charge is -2.19. The van der Waals surface area contributed by atoms with Gasteiger partial charge >= 0.3 is 0 Å². The Balaban J connectivity index is 1.70. The molecule has 3 heteroatoms. The van der Waals surface area contributed by atoms with E-state index in [0.717, 1.165) is 31.0 Å². The Morgan fingerprint density at radius 3 is 2.48 bits per heavy atom. The maximum atomic E-state index is 14.1. The molecule has 0 amide bonds. The lowest BCUT2D eigenvalue weighted by atomic mass is 10.1. The van der Waals surface area contributed by atoms with Gasteiger partial charge in [0.25, 0.3) is 0 Å². The van der Waals surface area contributed by atoms with Crippen molar-refractivity contribution >= 4 is 11.4 Å². The number of unbranched alkanes of at least 4 members (excludes halogenated alkanes) is 5. The molecular formula is C18H29FN2. The number of nitrogens with one attached hydrogen (secondary N) is 1. The van der Waals surface area contributed by atoms with Gasteiger partial charge in [0.05, 0.1) is 5.69 Å². The molecule has 118 valence electrons. The summed E-state index contributed by atoms with van der Waals surface area (Å²) in [7, 11) is 0. The summed E-state index contributed by atoms with van der Waals surface area (Å²) >= 11 is 0. The Kier molecular flexibility index (Phi) is 6.84. The van der Waals surface area contributed by atoms with Crippen LogP contribution in [0.3, 0.4) is 0 Å². The zero-order chi connectivity index (χ0) is 14.9. The first-order valence-corrected chi connectivity index (χ1v) is 8.59. The smallest absolute Gasteiger partial charge is 0.148 e. The lowest BCUT2D eigenvalue weighted by molar-refractivity contribution is 0.615. The quantitative estimate of drug-likeness (QED) is 0.629. The molecule has 0 aromatic heterocycles. The second-order valence-electron chi connectivity index (χ2n) is 6.05. The molecule has 21 heavy (non-hydrogen) atoms. The van der Waals surface area contributed by atoms with E-state index in [1.54, 1.807) is 6.07 Å². The van der Waals surface area contributed by atoms with Crippen molar-refractivity contribution in [3.05, 3.63) is 24.0 Å². The van der Waals surface area contributed by atoms with Crippen LogP contribution in [0.5, 0.6) is 0 Å². The van der Waals surface area contributed by atoms with Crippen LogP contribution >= 0.6 is 0 Å². The molecule has 0 aliphatic carbocycles. The van der Waals surface area contributed by atoms with Crippen LogP contribution in [0.2, 0.25) is 0 Å². The van der Waals surface area contributed by atoms with Crippen LogP contribution in [-0.2, 0) is 0 Å². The second kappa shape index (κ2) is 8.91. The van der Waals surface area contributed by atoms with Gasteiger partial charge in [-0.2, -0.15) is 0 Å². The summed E-state index contributed by atoms with van der Waals surface area (Å²) in [6, 6.07) is 5.57. The molecule has 0 spiro atoms. The predicted molar refractivity (Wildman–Crippen MR) is 89.7 cm³/mol. The normalized spacial score (nSPS) is 14.7. The van der Waals surface area contributed by atoms with Gasteiger partial charge in [0.15, 0.2) is 0 Å².